The van der Waals surface area contributed by atoms with Crippen LogP contribution in [0.1, 0.15) is 10.5 Å². The van der Waals surface area contributed by atoms with Crippen molar-refractivity contribution in [2.45, 2.75) is 4.90 Å². The van der Waals surface area contributed by atoms with Crippen LogP contribution in [0.15, 0.2) is 35.4 Å². The predicted octanol–water partition coefficient (Wildman–Crippen LogP) is 1.06. The van der Waals surface area contributed by atoms with E-state index in [-0.39, 0.29) is 16.4 Å². The molecule has 0 aliphatic carbocycles. The number of hydrogen-bond acceptors (Lipinski definition) is 4. The minimum Gasteiger partial charge on any atom is -0.477 e. The fourth-order valence-corrected chi connectivity index (χ4v) is 2.63. The summed E-state index contributed by atoms with van der Waals surface area (Å²) in [5, 5.41) is 8.87. The summed E-state index contributed by atoms with van der Waals surface area (Å²) in [5.41, 5.74) is -0.183. The molecule has 0 atom stereocenters. The van der Waals surface area contributed by atoms with Crippen LogP contribution in [-0.4, -0.2) is 29.0 Å². The lowest BCUT2D eigenvalue weighted by Crippen LogP contribution is -2.13. The third-order valence-electron chi connectivity index (χ3n) is 2.46. The first-order valence-corrected chi connectivity index (χ1v) is 6.83. The van der Waals surface area contributed by atoms with Gasteiger partial charge >= 0.3 is 5.97 Å². The number of rotatable bonds is 4. The molecule has 0 saturated carbocycles. The fraction of sp³-hybridized carbons (Fsp3) is 0.0909. The normalized spacial score (nSPS) is 11.3. The molecule has 0 radical (unpaired) electrons. The van der Waals surface area contributed by atoms with Crippen molar-refractivity contribution in [2.24, 2.45) is 7.05 Å². The highest BCUT2D eigenvalue weighted by Crippen LogP contribution is 2.17. The molecule has 2 aromatic rings. The van der Waals surface area contributed by atoms with Crippen molar-refractivity contribution in [1.29, 1.82) is 0 Å². The Kier molecular flexibility index (Phi) is 3.45. The number of aromatic carboxylic acids is 1. The Hall–Kier alpha value is -2.42. The first kappa shape index (κ1) is 14.0. The molecule has 0 spiro atoms. The summed E-state index contributed by atoms with van der Waals surface area (Å²) >= 11 is 0. The number of anilines is 1. The van der Waals surface area contributed by atoms with E-state index in [4.69, 9.17) is 5.11 Å². The van der Waals surface area contributed by atoms with Crippen molar-refractivity contribution in [2.75, 3.05) is 4.72 Å². The largest absolute Gasteiger partial charge is 0.477 e. The molecule has 0 aliphatic heterocycles. The minimum atomic E-state index is -4.03. The molecule has 2 N–H and O–H groups in total. The van der Waals surface area contributed by atoms with Crippen LogP contribution in [0.4, 0.5) is 10.2 Å². The number of carbonyl (C=O) groups is 1. The Bertz CT molecular complexity index is 770. The van der Waals surface area contributed by atoms with Gasteiger partial charge in [-0.15, -0.1) is 0 Å². The highest BCUT2D eigenvalue weighted by molar-refractivity contribution is 7.92. The lowest BCUT2D eigenvalue weighted by Gasteiger charge is -2.04. The van der Waals surface area contributed by atoms with Gasteiger partial charge in [-0.25, -0.2) is 18.2 Å². The molecule has 7 nitrogen and oxygen atoms in total. The van der Waals surface area contributed by atoms with Crippen molar-refractivity contribution in [3.05, 3.63) is 42.1 Å². The number of carboxylic acids is 1. The molecule has 0 saturated heterocycles. The molecule has 2 heterocycles. The topological polar surface area (TPSA) is 101 Å². The third kappa shape index (κ3) is 2.77. The lowest BCUT2D eigenvalue weighted by molar-refractivity contribution is 0.0686. The zero-order valence-electron chi connectivity index (χ0n) is 10.2. The second kappa shape index (κ2) is 4.93. The van der Waals surface area contributed by atoms with Crippen LogP contribution in [0.2, 0.25) is 0 Å². The molecular formula is C11H10FN3O4S. The fourth-order valence-electron chi connectivity index (χ4n) is 1.56. The number of carboxylic acid groups (broad SMARTS) is 1. The Morgan fingerprint density at radius 3 is 2.70 bits per heavy atom. The molecule has 106 valence electrons. The van der Waals surface area contributed by atoms with Gasteiger partial charge in [-0.1, -0.05) is 6.07 Å². The second-order valence-electron chi connectivity index (χ2n) is 3.93. The number of pyridine rings is 1. The van der Waals surface area contributed by atoms with Gasteiger partial charge in [0, 0.05) is 13.2 Å². The molecule has 0 aliphatic rings. The zero-order chi connectivity index (χ0) is 14.9. The molecule has 9 heteroatoms. The van der Waals surface area contributed by atoms with E-state index in [0.717, 1.165) is 22.9 Å². The third-order valence-corrected chi connectivity index (χ3v) is 3.79. The number of hydrogen-bond donors (Lipinski definition) is 2. The molecule has 0 bridgehead atoms. The molecule has 0 amide bonds. The summed E-state index contributed by atoms with van der Waals surface area (Å²) in [5.74, 6) is -2.27. The van der Waals surface area contributed by atoms with E-state index < -0.39 is 21.9 Å². The van der Waals surface area contributed by atoms with Gasteiger partial charge in [-0.2, -0.15) is 4.39 Å². The molecule has 20 heavy (non-hydrogen) atoms. The molecule has 0 fully saturated rings. The van der Waals surface area contributed by atoms with Crippen LogP contribution in [0.25, 0.3) is 0 Å². The number of aryl methyl sites for hydroxylation is 1. The van der Waals surface area contributed by atoms with Gasteiger partial charge in [0.05, 0.1) is 0 Å². The summed E-state index contributed by atoms with van der Waals surface area (Å²) < 4.78 is 40.2. The second-order valence-corrected chi connectivity index (χ2v) is 5.61. The average Bonchev–Trinajstić information content (AvgIpc) is 2.71. The molecular weight excluding hydrogens is 289 g/mol. The number of aromatic nitrogens is 2. The van der Waals surface area contributed by atoms with Crippen LogP contribution in [0.3, 0.4) is 0 Å². The Balaban J connectivity index is 2.36. The van der Waals surface area contributed by atoms with Gasteiger partial charge in [0.1, 0.15) is 16.4 Å². The van der Waals surface area contributed by atoms with Gasteiger partial charge < -0.3 is 9.67 Å². The Morgan fingerprint density at radius 2 is 2.15 bits per heavy atom. The highest BCUT2D eigenvalue weighted by atomic mass is 32.2. The van der Waals surface area contributed by atoms with Gasteiger partial charge in [0.15, 0.2) is 0 Å². The van der Waals surface area contributed by atoms with Gasteiger partial charge in [0.25, 0.3) is 10.0 Å². The van der Waals surface area contributed by atoms with E-state index in [1.165, 1.54) is 19.2 Å². The number of nitrogens with zero attached hydrogens (tertiary/aromatic N) is 2. The SMILES string of the molecule is Cn1cc(S(=O)(=O)Nc2cccc(F)n2)cc1C(=O)O. The van der Waals surface area contributed by atoms with E-state index in [2.05, 4.69) is 9.71 Å². The number of nitrogens with one attached hydrogen (secondary N) is 1. The van der Waals surface area contributed by atoms with E-state index in [1.807, 2.05) is 0 Å². The lowest BCUT2D eigenvalue weighted by atomic mass is 10.4. The maximum atomic E-state index is 12.9. The minimum absolute atomic E-state index is 0.183. The maximum Gasteiger partial charge on any atom is 0.352 e. The van der Waals surface area contributed by atoms with Crippen LogP contribution >= 0.6 is 0 Å². The average molecular weight is 299 g/mol. The summed E-state index contributed by atoms with van der Waals surface area (Å²) in [6.45, 7) is 0. The first-order valence-electron chi connectivity index (χ1n) is 5.34. The van der Waals surface area contributed by atoms with Crippen molar-refractivity contribution in [3.63, 3.8) is 0 Å². The summed E-state index contributed by atoms with van der Waals surface area (Å²) in [4.78, 5) is 14.0. The summed E-state index contributed by atoms with van der Waals surface area (Å²) in [6.07, 6.45) is 1.14. The quantitative estimate of drug-likeness (QED) is 0.822. The predicted molar refractivity (Wildman–Crippen MR) is 67.4 cm³/mol. The van der Waals surface area contributed by atoms with Crippen molar-refractivity contribution in [3.8, 4) is 0 Å². The van der Waals surface area contributed by atoms with Crippen LogP contribution < -0.4 is 4.72 Å². The molecule has 2 rings (SSSR count). The highest BCUT2D eigenvalue weighted by Gasteiger charge is 2.20. The Morgan fingerprint density at radius 1 is 1.45 bits per heavy atom. The van der Waals surface area contributed by atoms with Crippen molar-refractivity contribution >= 4 is 21.8 Å². The summed E-state index contributed by atoms with van der Waals surface area (Å²) in [7, 11) is -2.62. The molecule has 2 aromatic heterocycles. The van der Waals surface area contributed by atoms with Crippen molar-refractivity contribution in [1.82, 2.24) is 9.55 Å². The van der Waals surface area contributed by atoms with E-state index in [1.54, 1.807) is 0 Å². The van der Waals surface area contributed by atoms with Crippen LogP contribution in [0, 0.1) is 5.95 Å². The molecule has 0 aromatic carbocycles. The van der Waals surface area contributed by atoms with Crippen molar-refractivity contribution < 1.29 is 22.7 Å². The first-order chi connectivity index (χ1) is 9.29. The summed E-state index contributed by atoms with van der Waals surface area (Å²) in [6, 6.07) is 4.66. The smallest absolute Gasteiger partial charge is 0.352 e. The van der Waals surface area contributed by atoms with E-state index in [0.29, 0.717) is 0 Å². The van der Waals surface area contributed by atoms with Gasteiger partial charge in [0.2, 0.25) is 5.95 Å². The van der Waals surface area contributed by atoms with E-state index >= 15 is 0 Å². The molecule has 0 unspecified atom stereocenters. The van der Waals surface area contributed by atoms with E-state index in [9.17, 15) is 17.6 Å². The standard InChI is InChI=1S/C11H10FN3O4S/c1-15-6-7(5-8(15)11(16)17)20(18,19)14-10-4-2-3-9(12)13-10/h2-6H,1H3,(H,13,14)(H,16,17). The van der Waals surface area contributed by atoms with Crippen LogP contribution in [-0.2, 0) is 17.1 Å². The monoisotopic (exact) mass is 299 g/mol. The number of halogens is 1. The Labute approximate surface area is 113 Å². The zero-order valence-corrected chi connectivity index (χ0v) is 11.1. The maximum absolute atomic E-state index is 12.9. The van der Waals surface area contributed by atoms with Gasteiger partial charge in [-0.05, 0) is 18.2 Å². The van der Waals surface area contributed by atoms with Crippen LogP contribution in [0.5, 0.6) is 0 Å². The van der Waals surface area contributed by atoms with Gasteiger partial charge in [-0.3, -0.25) is 4.72 Å². The number of sulfonamides is 1.